The number of anilines is 1. The summed E-state index contributed by atoms with van der Waals surface area (Å²) in [6.07, 6.45) is 0. The van der Waals surface area contributed by atoms with Crippen LogP contribution < -0.4 is 16.6 Å². The van der Waals surface area contributed by atoms with Crippen molar-refractivity contribution in [1.29, 1.82) is 0 Å². The summed E-state index contributed by atoms with van der Waals surface area (Å²) in [4.78, 5) is 21.5. The zero-order valence-electron chi connectivity index (χ0n) is 7.18. The minimum atomic E-state index is -1.16. The lowest BCUT2D eigenvalue weighted by atomic mass is 10.3. The van der Waals surface area contributed by atoms with Crippen molar-refractivity contribution in [2.24, 2.45) is 11.6 Å². The number of nitrogens with zero attached hydrogens (tertiary/aromatic N) is 1. The van der Waals surface area contributed by atoms with Gasteiger partial charge in [-0.2, -0.15) is 0 Å². The number of phenols is 1. The predicted octanol–water partition coefficient (Wildman–Crippen LogP) is -0.916. The van der Waals surface area contributed by atoms with Crippen LogP contribution in [-0.2, 0) is 9.59 Å². The topological polar surface area (TPSA) is 110 Å². The van der Waals surface area contributed by atoms with Crippen LogP contribution in [-0.4, -0.2) is 16.9 Å². The van der Waals surface area contributed by atoms with Crippen molar-refractivity contribution < 1.29 is 14.7 Å². The Labute approximate surface area is 79.7 Å². The van der Waals surface area contributed by atoms with E-state index in [-0.39, 0.29) is 11.4 Å². The van der Waals surface area contributed by atoms with Gasteiger partial charge < -0.3 is 10.8 Å². The number of phenolic OH excluding ortho intramolecular Hbond substituents is 1. The number of aromatic hydroxyl groups is 1. The molecule has 0 aliphatic heterocycles. The molecule has 1 rings (SSSR count). The average molecular weight is 195 g/mol. The number of primary amides is 1. The number of rotatable bonds is 1. The zero-order chi connectivity index (χ0) is 10.7. The van der Waals surface area contributed by atoms with Gasteiger partial charge in [-0.05, 0) is 12.1 Å². The van der Waals surface area contributed by atoms with Crippen LogP contribution >= 0.6 is 0 Å². The lowest BCUT2D eigenvalue weighted by Crippen LogP contribution is -2.45. The molecule has 0 aliphatic rings. The van der Waals surface area contributed by atoms with E-state index < -0.39 is 11.8 Å². The summed E-state index contributed by atoms with van der Waals surface area (Å²) in [5.41, 5.74) is 4.93. The maximum Gasteiger partial charge on any atom is 0.330 e. The van der Waals surface area contributed by atoms with Gasteiger partial charge in [-0.15, -0.1) is 0 Å². The maximum atomic E-state index is 11.0. The summed E-state index contributed by atoms with van der Waals surface area (Å²) < 4.78 is 0. The van der Waals surface area contributed by atoms with Crippen molar-refractivity contribution in [3.05, 3.63) is 24.3 Å². The van der Waals surface area contributed by atoms with Gasteiger partial charge in [-0.1, -0.05) is 6.07 Å². The molecule has 0 aromatic heterocycles. The number of amides is 2. The Bertz CT molecular complexity index is 378. The molecular formula is C8H9N3O3. The Morgan fingerprint density at radius 3 is 2.50 bits per heavy atom. The highest BCUT2D eigenvalue weighted by atomic mass is 16.3. The Balaban J connectivity index is 2.95. The molecule has 0 bridgehead atoms. The van der Waals surface area contributed by atoms with Crippen LogP contribution in [0.25, 0.3) is 0 Å². The number of nitrogens with two attached hydrogens (primary N) is 2. The molecule has 1 aromatic carbocycles. The molecule has 14 heavy (non-hydrogen) atoms. The van der Waals surface area contributed by atoms with Gasteiger partial charge >= 0.3 is 11.8 Å². The third-order valence-corrected chi connectivity index (χ3v) is 1.54. The zero-order valence-corrected chi connectivity index (χ0v) is 7.18. The summed E-state index contributed by atoms with van der Waals surface area (Å²) >= 11 is 0. The van der Waals surface area contributed by atoms with Crippen LogP contribution in [0, 0.1) is 0 Å². The van der Waals surface area contributed by atoms with Crippen LogP contribution in [0.2, 0.25) is 0 Å². The Kier molecular flexibility index (Phi) is 2.68. The average Bonchev–Trinajstić information content (AvgIpc) is 2.15. The molecular weight excluding hydrogens is 186 g/mol. The molecule has 6 heteroatoms. The molecule has 0 aliphatic carbocycles. The van der Waals surface area contributed by atoms with E-state index in [2.05, 4.69) is 0 Å². The lowest BCUT2D eigenvalue weighted by Gasteiger charge is -2.14. The van der Waals surface area contributed by atoms with E-state index in [9.17, 15) is 9.59 Å². The Hall–Kier alpha value is -2.08. The summed E-state index contributed by atoms with van der Waals surface area (Å²) in [7, 11) is 0. The fourth-order valence-corrected chi connectivity index (χ4v) is 0.879. The van der Waals surface area contributed by atoms with Gasteiger partial charge in [0.05, 0.1) is 5.69 Å². The van der Waals surface area contributed by atoms with E-state index in [1.807, 2.05) is 0 Å². The van der Waals surface area contributed by atoms with Gasteiger partial charge in [0.15, 0.2) is 0 Å². The lowest BCUT2D eigenvalue weighted by molar-refractivity contribution is -0.135. The third-order valence-electron chi connectivity index (χ3n) is 1.54. The molecule has 0 saturated carbocycles. The molecule has 0 saturated heterocycles. The minimum absolute atomic E-state index is 0.0600. The van der Waals surface area contributed by atoms with Gasteiger partial charge in [0, 0.05) is 6.07 Å². The highest BCUT2D eigenvalue weighted by Crippen LogP contribution is 2.17. The summed E-state index contributed by atoms with van der Waals surface area (Å²) in [6, 6.07) is 5.59. The molecule has 74 valence electrons. The summed E-state index contributed by atoms with van der Waals surface area (Å²) in [5.74, 6) is 3.02. The second-order valence-corrected chi connectivity index (χ2v) is 2.56. The predicted molar refractivity (Wildman–Crippen MR) is 49.0 cm³/mol. The van der Waals surface area contributed by atoms with Crippen LogP contribution in [0.15, 0.2) is 24.3 Å². The van der Waals surface area contributed by atoms with Gasteiger partial charge in [0.1, 0.15) is 5.75 Å². The summed E-state index contributed by atoms with van der Waals surface area (Å²) in [6.45, 7) is 0. The highest BCUT2D eigenvalue weighted by molar-refractivity contribution is 6.39. The number of hydrogen-bond donors (Lipinski definition) is 3. The first-order valence-corrected chi connectivity index (χ1v) is 3.70. The summed E-state index contributed by atoms with van der Waals surface area (Å²) in [5, 5.41) is 9.64. The van der Waals surface area contributed by atoms with Gasteiger partial charge in [-0.3, -0.25) is 9.59 Å². The Morgan fingerprint density at radius 2 is 2.00 bits per heavy atom. The van der Waals surface area contributed by atoms with Gasteiger partial charge in [0.2, 0.25) is 0 Å². The standard InChI is InChI=1S/C8H9N3O3/c9-7(13)8(14)11(10)5-2-1-3-6(12)4-5/h1-4,12H,10H2,(H2,9,13). The highest BCUT2D eigenvalue weighted by Gasteiger charge is 2.17. The van der Waals surface area contributed by atoms with Crippen molar-refractivity contribution in [3.63, 3.8) is 0 Å². The molecule has 0 atom stereocenters. The van der Waals surface area contributed by atoms with E-state index in [0.717, 1.165) is 0 Å². The molecule has 5 N–H and O–H groups in total. The van der Waals surface area contributed by atoms with Gasteiger partial charge in [0.25, 0.3) is 0 Å². The molecule has 0 fully saturated rings. The normalized spacial score (nSPS) is 9.50. The number of hydrogen-bond acceptors (Lipinski definition) is 4. The van der Waals surface area contributed by atoms with Crippen molar-refractivity contribution >= 4 is 17.5 Å². The van der Waals surface area contributed by atoms with Gasteiger partial charge in [-0.25, -0.2) is 10.9 Å². The number of carbonyl (C=O) groups excluding carboxylic acids is 2. The number of carbonyl (C=O) groups is 2. The smallest absolute Gasteiger partial charge is 0.330 e. The second-order valence-electron chi connectivity index (χ2n) is 2.56. The van der Waals surface area contributed by atoms with Crippen molar-refractivity contribution in [3.8, 4) is 5.75 Å². The van der Waals surface area contributed by atoms with Crippen molar-refractivity contribution in [2.45, 2.75) is 0 Å². The SMILES string of the molecule is NC(=O)C(=O)N(N)c1cccc(O)c1. The third kappa shape index (κ3) is 1.99. The largest absolute Gasteiger partial charge is 0.508 e. The number of benzene rings is 1. The molecule has 1 aromatic rings. The maximum absolute atomic E-state index is 11.0. The first kappa shape index (κ1) is 10.0. The van der Waals surface area contributed by atoms with E-state index in [0.29, 0.717) is 5.01 Å². The monoisotopic (exact) mass is 195 g/mol. The van der Waals surface area contributed by atoms with Crippen LogP contribution in [0.4, 0.5) is 5.69 Å². The van der Waals surface area contributed by atoms with Crippen molar-refractivity contribution in [2.75, 3.05) is 5.01 Å². The minimum Gasteiger partial charge on any atom is -0.508 e. The molecule has 6 nitrogen and oxygen atoms in total. The first-order valence-electron chi connectivity index (χ1n) is 3.70. The molecule has 0 unspecified atom stereocenters. The van der Waals surface area contributed by atoms with E-state index >= 15 is 0 Å². The van der Waals surface area contributed by atoms with Crippen LogP contribution in [0.3, 0.4) is 0 Å². The second kappa shape index (κ2) is 3.75. The quantitative estimate of drug-likeness (QED) is 0.233. The Morgan fingerprint density at radius 1 is 1.36 bits per heavy atom. The molecule has 0 radical (unpaired) electrons. The fraction of sp³-hybridized carbons (Fsp3) is 0. The van der Waals surface area contributed by atoms with E-state index in [1.165, 1.54) is 24.3 Å². The van der Waals surface area contributed by atoms with E-state index in [1.54, 1.807) is 0 Å². The van der Waals surface area contributed by atoms with Crippen LogP contribution in [0.5, 0.6) is 5.75 Å². The van der Waals surface area contributed by atoms with E-state index in [4.69, 9.17) is 16.7 Å². The fourth-order valence-electron chi connectivity index (χ4n) is 0.879. The number of hydrazine groups is 1. The first-order chi connectivity index (χ1) is 6.52. The van der Waals surface area contributed by atoms with Crippen molar-refractivity contribution in [1.82, 2.24) is 0 Å². The molecule has 2 amide bonds. The molecule has 0 spiro atoms. The van der Waals surface area contributed by atoms with Crippen LogP contribution in [0.1, 0.15) is 0 Å². The molecule has 0 heterocycles.